The van der Waals surface area contributed by atoms with Crippen LogP contribution in [0.5, 0.6) is 0 Å². The number of piperazine rings is 1. The molecule has 0 amide bonds. The van der Waals surface area contributed by atoms with E-state index in [2.05, 4.69) is 10.3 Å². The van der Waals surface area contributed by atoms with Crippen molar-refractivity contribution in [2.24, 2.45) is 0 Å². The van der Waals surface area contributed by atoms with Crippen molar-refractivity contribution in [3.05, 3.63) is 52.5 Å². The molecule has 3 aromatic rings. The van der Waals surface area contributed by atoms with Gasteiger partial charge in [0.15, 0.2) is 9.84 Å². The van der Waals surface area contributed by atoms with Crippen LogP contribution in [0.25, 0.3) is 22.0 Å². The summed E-state index contributed by atoms with van der Waals surface area (Å²) in [6, 6.07) is 6.43. The van der Waals surface area contributed by atoms with Gasteiger partial charge in [-0.3, -0.25) is 4.57 Å². The Balaban J connectivity index is 1.54. The second-order valence-electron chi connectivity index (χ2n) is 8.86. The number of anilines is 1. The first-order valence-corrected chi connectivity index (χ1v) is 13.9. The summed E-state index contributed by atoms with van der Waals surface area (Å²) in [6.07, 6.45) is 0. The van der Waals surface area contributed by atoms with Crippen LogP contribution < -0.4 is 15.9 Å². The highest BCUT2D eigenvalue weighted by Crippen LogP contribution is 2.45. The van der Waals surface area contributed by atoms with E-state index in [9.17, 15) is 22.0 Å². The maximum Gasteiger partial charge on any atom is 0.350 e. The van der Waals surface area contributed by atoms with Gasteiger partial charge in [-0.15, -0.1) is 23.4 Å². The van der Waals surface area contributed by atoms with Crippen LogP contribution in [0.4, 0.5) is 14.6 Å². The lowest BCUT2D eigenvalue weighted by molar-refractivity contribution is 0.387. The van der Waals surface area contributed by atoms with Crippen LogP contribution in [0.15, 0.2) is 40.0 Å². The lowest BCUT2D eigenvalue weighted by atomic mass is 10.0. The fraction of sp³-hybridized carbons (Fsp3) is 0.364. The van der Waals surface area contributed by atoms with Crippen LogP contribution in [-0.4, -0.2) is 59.4 Å². The van der Waals surface area contributed by atoms with Crippen LogP contribution in [0.3, 0.4) is 0 Å². The van der Waals surface area contributed by atoms with E-state index < -0.39 is 31.9 Å². The highest BCUT2D eigenvalue weighted by Gasteiger charge is 2.38. The van der Waals surface area contributed by atoms with E-state index in [-0.39, 0.29) is 35.7 Å². The van der Waals surface area contributed by atoms with Gasteiger partial charge in [0.05, 0.1) is 23.6 Å². The van der Waals surface area contributed by atoms with Gasteiger partial charge in [-0.25, -0.2) is 22.0 Å². The molecule has 0 aliphatic carbocycles. The Kier molecular flexibility index (Phi) is 5.18. The highest BCUT2D eigenvalue weighted by atomic mass is 35.5. The summed E-state index contributed by atoms with van der Waals surface area (Å²) in [5, 5.41) is 4.05. The molecule has 2 saturated heterocycles. The van der Waals surface area contributed by atoms with Gasteiger partial charge in [0.2, 0.25) is 0 Å². The minimum Gasteiger partial charge on any atom is -0.353 e. The Morgan fingerprint density at radius 3 is 2.47 bits per heavy atom. The molecule has 6 rings (SSSR count). The van der Waals surface area contributed by atoms with Crippen molar-refractivity contribution in [3.8, 4) is 11.1 Å². The van der Waals surface area contributed by atoms with Crippen LogP contribution in [0, 0.1) is 11.6 Å². The van der Waals surface area contributed by atoms with E-state index in [0.717, 1.165) is 6.07 Å². The molecule has 2 fully saturated rings. The Morgan fingerprint density at radius 1 is 1.06 bits per heavy atom. The third-order valence-electron chi connectivity index (χ3n) is 6.43. The first kappa shape index (κ1) is 22.3. The summed E-state index contributed by atoms with van der Waals surface area (Å²) in [5.41, 5.74) is 0.877. The molecule has 178 valence electrons. The molecule has 12 heteroatoms. The summed E-state index contributed by atoms with van der Waals surface area (Å²) in [5.74, 6) is -0.816. The zero-order chi connectivity index (χ0) is 23.8. The second-order valence-corrected chi connectivity index (χ2v) is 13.0. The van der Waals surface area contributed by atoms with Crippen LogP contribution in [-0.2, 0) is 16.4 Å². The summed E-state index contributed by atoms with van der Waals surface area (Å²) in [4.78, 5) is 20.0. The van der Waals surface area contributed by atoms with Crippen molar-refractivity contribution in [2.75, 3.05) is 29.5 Å². The minimum absolute atomic E-state index is 0.0397. The molecule has 0 radical (unpaired) electrons. The van der Waals surface area contributed by atoms with E-state index >= 15 is 0 Å². The van der Waals surface area contributed by atoms with Gasteiger partial charge in [0.1, 0.15) is 22.2 Å². The molecular formula is C22H19ClF2N4O3S2. The molecule has 2 aromatic carbocycles. The summed E-state index contributed by atoms with van der Waals surface area (Å²) < 4.78 is 53.6. The normalized spacial score (nSPS) is 25.5. The van der Waals surface area contributed by atoms with Gasteiger partial charge in [-0.05, 0) is 18.2 Å². The maximum atomic E-state index is 14.7. The smallest absolute Gasteiger partial charge is 0.350 e. The predicted octanol–water partition coefficient (Wildman–Crippen LogP) is 2.59. The molecule has 0 spiro atoms. The second kappa shape index (κ2) is 7.91. The fourth-order valence-electron chi connectivity index (χ4n) is 5.19. The first-order chi connectivity index (χ1) is 16.2. The number of rotatable bonds is 2. The Morgan fingerprint density at radius 2 is 1.76 bits per heavy atom. The molecule has 1 aromatic heterocycles. The lowest BCUT2D eigenvalue weighted by Crippen LogP contribution is -2.64. The van der Waals surface area contributed by atoms with Gasteiger partial charge in [0.25, 0.3) is 0 Å². The molecular weight excluding hydrogens is 506 g/mol. The number of nitrogens with zero attached hydrogens (tertiary/aromatic N) is 3. The number of aromatic nitrogens is 2. The molecule has 3 aliphatic rings. The third kappa shape index (κ3) is 3.69. The number of fused-ring (bicyclic) bond motifs is 2. The third-order valence-corrected chi connectivity index (χ3v) is 9.71. The molecule has 0 saturated carbocycles. The number of alkyl halides is 1. The van der Waals surface area contributed by atoms with Crippen molar-refractivity contribution in [3.63, 3.8) is 0 Å². The number of hydrogen-bond donors (Lipinski definition) is 1. The van der Waals surface area contributed by atoms with E-state index in [4.69, 9.17) is 11.6 Å². The van der Waals surface area contributed by atoms with Crippen LogP contribution in [0.2, 0.25) is 0 Å². The molecule has 3 aliphatic heterocycles. The van der Waals surface area contributed by atoms with E-state index in [1.807, 2.05) is 4.90 Å². The topological polar surface area (TPSA) is 84.3 Å². The van der Waals surface area contributed by atoms with Gasteiger partial charge in [-0.2, -0.15) is 4.98 Å². The van der Waals surface area contributed by atoms with Gasteiger partial charge in [-0.1, -0.05) is 6.07 Å². The number of thioether (sulfide) groups is 1. The molecule has 2 bridgehead atoms. The van der Waals surface area contributed by atoms with E-state index in [0.29, 0.717) is 40.3 Å². The minimum atomic E-state index is -3.11. The van der Waals surface area contributed by atoms with Gasteiger partial charge in [0, 0.05) is 52.6 Å². The fourth-order valence-corrected chi connectivity index (χ4v) is 8.47. The van der Waals surface area contributed by atoms with E-state index in [1.165, 1.54) is 28.5 Å². The molecule has 1 N–H and O–H groups in total. The predicted molar refractivity (Wildman–Crippen MR) is 128 cm³/mol. The van der Waals surface area contributed by atoms with Crippen molar-refractivity contribution in [1.29, 1.82) is 0 Å². The summed E-state index contributed by atoms with van der Waals surface area (Å²) >= 11 is 7.78. The van der Waals surface area contributed by atoms with Crippen LogP contribution >= 0.6 is 23.4 Å². The van der Waals surface area contributed by atoms with Crippen molar-refractivity contribution in [1.82, 2.24) is 14.9 Å². The largest absolute Gasteiger partial charge is 0.353 e. The van der Waals surface area contributed by atoms with Gasteiger partial charge < -0.3 is 10.2 Å². The van der Waals surface area contributed by atoms with Crippen molar-refractivity contribution in [2.45, 2.75) is 28.2 Å². The highest BCUT2D eigenvalue weighted by molar-refractivity contribution is 8.01. The molecule has 4 heterocycles. The zero-order valence-corrected chi connectivity index (χ0v) is 20.1. The Bertz CT molecular complexity index is 1490. The average molecular weight is 525 g/mol. The maximum absolute atomic E-state index is 14.7. The standard InChI is InChI=1S/C22H19ClF2N4O3S2/c23-18-8-29-19-16(4-3-15(20(19)33-18)14-2-1-11(24)5-17(14)25)21(27-22(29)30)28-6-12-9-34(31,32)10-13(7-28)26-12/h1-5,12-13,18,26H,6-10H2. The molecule has 34 heavy (non-hydrogen) atoms. The number of benzene rings is 2. The molecule has 7 nitrogen and oxygen atoms in total. The quantitative estimate of drug-likeness (QED) is 0.516. The number of nitrogens with one attached hydrogen (secondary N) is 1. The monoisotopic (exact) mass is 524 g/mol. The average Bonchev–Trinajstić information content (AvgIpc) is 2.74. The summed E-state index contributed by atoms with van der Waals surface area (Å²) in [6.45, 7) is 1.04. The number of sulfone groups is 1. The van der Waals surface area contributed by atoms with E-state index in [1.54, 1.807) is 12.1 Å². The van der Waals surface area contributed by atoms with Crippen LogP contribution in [0.1, 0.15) is 0 Å². The SMILES string of the molecule is O=c1nc(N2CC3CS(=O)(=O)CC(C2)N3)c2ccc(-c3ccc(F)cc3F)c3c2n1CC(Cl)S3. The zero-order valence-electron chi connectivity index (χ0n) is 17.7. The van der Waals surface area contributed by atoms with Crippen molar-refractivity contribution < 1.29 is 17.2 Å². The lowest BCUT2D eigenvalue weighted by Gasteiger charge is -2.43. The summed E-state index contributed by atoms with van der Waals surface area (Å²) in [7, 11) is -3.11. The van der Waals surface area contributed by atoms with Gasteiger partial charge >= 0.3 is 5.69 Å². The number of hydrogen-bond acceptors (Lipinski definition) is 7. The first-order valence-electron chi connectivity index (χ1n) is 10.7. The molecule has 3 unspecified atom stereocenters. The molecule has 3 atom stereocenters. The number of halogens is 3. The Labute approximate surface area is 203 Å². The van der Waals surface area contributed by atoms with Crippen molar-refractivity contribution >= 4 is 49.9 Å². The Hall–Kier alpha value is -2.21.